The molecule has 0 spiro atoms. The Kier molecular flexibility index (Phi) is 7.14. The molecule has 0 aliphatic heterocycles. The van der Waals surface area contributed by atoms with Crippen LogP contribution in [0.3, 0.4) is 0 Å². The second kappa shape index (κ2) is 9.16. The summed E-state index contributed by atoms with van der Waals surface area (Å²) in [5.74, 6) is -1.87. The number of amides is 2. The van der Waals surface area contributed by atoms with Crippen LogP contribution in [0.1, 0.15) is 30.9 Å². The molecule has 2 amide bonds. The van der Waals surface area contributed by atoms with E-state index in [9.17, 15) is 22.8 Å². The number of esters is 1. The number of benzene rings is 1. The summed E-state index contributed by atoms with van der Waals surface area (Å²) in [6.45, 7) is 4.10. The van der Waals surface area contributed by atoms with E-state index in [-0.39, 0.29) is 16.8 Å². The Morgan fingerprint density at radius 3 is 2.43 bits per heavy atom. The van der Waals surface area contributed by atoms with Crippen molar-refractivity contribution in [1.82, 2.24) is 15.4 Å². The summed E-state index contributed by atoms with van der Waals surface area (Å²) >= 11 is 0. The molecule has 1 fully saturated rings. The van der Waals surface area contributed by atoms with Gasteiger partial charge in [-0.3, -0.25) is 14.4 Å². The van der Waals surface area contributed by atoms with Gasteiger partial charge < -0.3 is 15.4 Å². The highest BCUT2D eigenvalue weighted by Gasteiger charge is 2.27. The van der Waals surface area contributed by atoms with Gasteiger partial charge in [-0.05, 0) is 56.9 Å². The number of hydrogen-bond acceptors (Lipinski definition) is 6. The third-order valence-corrected chi connectivity index (χ3v) is 5.64. The molecule has 9 nitrogen and oxygen atoms in total. The first kappa shape index (κ1) is 21.8. The Morgan fingerprint density at radius 1 is 1.14 bits per heavy atom. The zero-order chi connectivity index (χ0) is 20.9. The van der Waals surface area contributed by atoms with E-state index in [1.165, 1.54) is 19.1 Å². The van der Waals surface area contributed by atoms with Gasteiger partial charge in [0.1, 0.15) is 6.54 Å². The molecule has 1 aromatic carbocycles. The molecule has 0 aromatic heterocycles. The monoisotopic (exact) mass is 411 g/mol. The number of ether oxygens (including phenoxy) is 1. The maximum Gasteiger partial charge on any atom is 0.326 e. The summed E-state index contributed by atoms with van der Waals surface area (Å²) in [6.07, 6.45) is 0.870. The summed E-state index contributed by atoms with van der Waals surface area (Å²) in [5.41, 5.74) is 1.77. The Hall–Kier alpha value is -2.46. The molecule has 2 rings (SSSR count). The fourth-order valence-corrected chi connectivity index (χ4v) is 3.26. The van der Waals surface area contributed by atoms with E-state index < -0.39 is 41.1 Å². The van der Waals surface area contributed by atoms with Crippen LogP contribution in [0.4, 0.5) is 0 Å². The standard InChI is InChI=1S/C18H25N3O6S/c1-11-4-7-15(8-12(11)2)28(25,26)20-9-16(22)19-10-17(23)27-13(3)18(24)21-14-5-6-14/h4,7-8,13-14,20H,5-6,9-10H2,1-3H3,(H,19,22)(H,21,24)/t13-/m0/s1. The molecule has 0 unspecified atom stereocenters. The van der Waals surface area contributed by atoms with E-state index >= 15 is 0 Å². The van der Waals surface area contributed by atoms with Crippen molar-refractivity contribution in [2.75, 3.05) is 13.1 Å². The number of carbonyl (C=O) groups is 3. The van der Waals surface area contributed by atoms with Crippen LogP contribution < -0.4 is 15.4 Å². The Labute approximate surface area is 164 Å². The topological polar surface area (TPSA) is 131 Å². The summed E-state index contributed by atoms with van der Waals surface area (Å²) in [6, 6.07) is 4.80. The Balaban J connectivity index is 1.74. The normalized spacial score (nSPS) is 14.8. The molecule has 1 aliphatic carbocycles. The van der Waals surface area contributed by atoms with Crippen molar-refractivity contribution in [3.05, 3.63) is 29.3 Å². The lowest BCUT2D eigenvalue weighted by Crippen LogP contribution is -2.42. The van der Waals surface area contributed by atoms with Crippen LogP contribution >= 0.6 is 0 Å². The van der Waals surface area contributed by atoms with E-state index in [4.69, 9.17) is 4.74 Å². The van der Waals surface area contributed by atoms with Gasteiger partial charge in [0, 0.05) is 6.04 Å². The minimum atomic E-state index is -3.85. The number of hydrogen-bond donors (Lipinski definition) is 3. The lowest BCUT2D eigenvalue weighted by atomic mass is 10.1. The predicted molar refractivity (Wildman–Crippen MR) is 101 cm³/mol. The van der Waals surface area contributed by atoms with Crippen LogP contribution in [-0.4, -0.2) is 51.4 Å². The van der Waals surface area contributed by atoms with E-state index in [0.29, 0.717) is 0 Å². The fraction of sp³-hybridized carbons (Fsp3) is 0.500. The van der Waals surface area contributed by atoms with E-state index in [1.807, 2.05) is 6.92 Å². The molecule has 0 saturated heterocycles. The lowest BCUT2D eigenvalue weighted by molar-refractivity contribution is -0.154. The van der Waals surface area contributed by atoms with Crippen LogP contribution in [-0.2, 0) is 29.1 Å². The molecular weight excluding hydrogens is 386 g/mol. The number of nitrogens with one attached hydrogen (secondary N) is 3. The summed E-state index contributed by atoms with van der Waals surface area (Å²) < 4.78 is 31.6. The molecule has 154 valence electrons. The van der Waals surface area contributed by atoms with Crippen molar-refractivity contribution in [2.24, 2.45) is 0 Å². The number of sulfonamides is 1. The number of carbonyl (C=O) groups excluding carboxylic acids is 3. The van der Waals surface area contributed by atoms with Crippen LogP contribution in [0, 0.1) is 13.8 Å². The number of rotatable bonds is 9. The summed E-state index contributed by atoms with van der Waals surface area (Å²) in [5, 5.41) is 4.96. The predicted octanol–water partition coefficient (Wildman–Crippen LogP) is -0.0918. The molecule has 10 heteroatoms. The zero-order valence-electron chi connectivity index (χ0n) is 16.1. The van der Waals surface area contributed by atoms with E-state index in [2.05, 4.69) is 15.4 Å². The van der Waals surface area contributed by atoms with Gasteiger partial charge in [-0.15, -0.1) is 0 Å². The second-order valence-corrected chi connectivity index (χ2v) is 8.53. The van der Waals surface area contributed by atoms with Gasteiger partial charge >= 0.3 is 5.97 Å². The van der Waals surface area contributed by atoms with Gasteiger partial charge in [0.2, 0.25) is 15.9 Å². The van der Waals surface area contributed by atoms with Crippen molar-refractivity contribution in [1.29, 1.82) is 0 Å². The fourth-order valence-electron chi connectivity index (χ4n) is 2.20. The minimum absolute atomic E-state index is 0.0540. The smallest absolute Gasteiger partial charge is 0.326 e. The summed E-state index contributed by atoms with van der Waals surface area (Å²) in [4.78, 5) is 35.3. The quantitative estimate of drug-likeness (QED) is 0.487. The SMILES string of the molecule is Cc1ccc(S(=O)(=O)NCC(=O)NCC(=O)O[C@@H](C)C(=O)NC2CC2)cc1C. The molecule has 28 heavy (non-hydrogen) atoms. The van der Waals surface area contributed by atoms with Crippen LogP contribution in [0.2, 0.25) is 0 Å². The van der Waals surface area contributed by atoms with Crippen LogP contribution in [0.15, 0.2) is 23.1 Å². The second-order valence-electron chi connectivity index (χ2n) is 6.76. The Bertz CT molecular complexity index is 864. The average molecular weight is 411 g/mol. The zero-order valence-corrected chi connectivity index (χ0v) is 16.9. The largest absolute Gasteiger partial charge is 0.451 e. The van der Waals surface area contributed by atoms with Gasteiger partial charge in [-0.1, -0.05) is 6.07 Å². The molecule has 1 aromatic rings. The minimum Gasteiger partial charge on any atom is -0.451 e. The molecule has 1 atom stereocenters. The van der Waals surface area contributed by atoms with Gasteiger partial charge in [0.05, 0.1) is 11.4 Å². The van der Waals surface area contributed by atoms with Crippen LogP contribution in [0.5, 0.6) is 0 Å². The highest BCUT2D eigenvalue weighted by atomic mass is 32.2. The van der Waals surface area contributed by atoms with Gasteiger partial charge in [-0.25, -0.2) is 13.1 Å². The average Bonchev–Trinajstić information content (AvgIpc) is 3.44. The first-order valence-corrected chi connectivity index (χ1v) is 10.4. The lowest BCUT2D eigenvalue weighted by Gasteiger charge is -2.13. The third-order valence-electron chi connectivity index (χ3n) is 4.24. The highest BCUT2D eigenvalue weighted by molar-refractivity contribution is 7.89. The van der Waals surface area contributed by atoms with Crippen molar-refractivity contribution < 1.29 is 27.5 Å². The van der Waals surface area contributed by atoms with Crippen molar-refractivity contribution >= 4 is 27.8 Å². The third kappa shape index (κ3) is 6.61. The molecule has 1 aliphatic rings. The number of aryl methyl sites for hydroxylation is 2. The van der Waals surface area contributed by atoms with Gasteiger partial charge in [0.15, 0.2) is 6.10 Å². The van der Waals surface area contributed by atoms with Crippen molar-refractivity contribution in [3.8, 4) is 0 Å². The molecule has 1 saturated carbocycles. The van der Waals surface area contributed by atoms with E-state index in [0.717, 1.165) is 24.0 Å². The molecule has 0 heterocycles. The molecular formula is C18H25N3O6S. The maximum atomic E-state index is 12.2. The van der Waals surface area contributed by atoms with E-state index in [1.54, 1.807) is 13.0 Å². The highest BCUT2D eigenvalue weighted by Crippen LogP contribution is 2.18. The Morgan fingerprint density at radius 2 is 1.82 bits per heavy atom. The summed E-state index contributed by atoms with van der Waals surface area (Å²) in [7, 11) is -3.85. The molecule has 0 bridgehead atoms. The van der Waals surface area contributed by atoms with Crippen LogP contribution in [0.25, 0.3) is 0 Å². The molecule has 0 radical (unpaired) electrons. The first-order chi connectivity index (χ1) is 13.1. The van der Waals surface area contributed by atoms with Crippen molar-refractivity contribution in [3.63, 3.8) is 0 Å². The maximum absolute atomic E-state index is 12.2. The molecule has 3 N–H and O–H groups in total. The van der Waals surface area contributed by atoms with Crippen molar-refractivity contribution in [2.45, 2.75) is 50.7 Å². The first-order valence-electron chi connectivity index (χ1n) is 8.92. The van der Waals surface area contributed by atoms with Gasteiger partial charge in [-0.2, -0.15) is 0 Å². The van der Waals surface area contributed by atoms with Gasteiger partial charge in [0.25, 0.3) is 5.91 Å².